The number of sulfonamides is 1. The maximum atomic E-state index is 12.2. The summed E-state index contributed by atoms with van der Waals surface area (Å²) in [6.45, 7) is 0. The maximum Gasteiger partial charge on any atom is 1.00 e. The molecule has 0 aliphatic heterocycles. The van der Waals surface area contributed by atoms with Gasteiger partial charge in [-0.3, -0.25) is 13.8 Å². The van der Waals surface area contributed by atoms with E-state index in [0.29, 0.717) is 23.6 Å². The predicted octanol–water partition coefficient (Wildman–Crippen LogP) is -0.293. The van der Waals surface area contributed by atoms with Crippen LogP contribution in [-0.2, 0) is 30.3 Å². The number of benzene rings is 2. The van der Waals surface area contributed by atoms with Gasteiger partial charge in [0.2, 0.25) is 10.0 Å². The Bertz CT molecular complexity index is 1570. The number of anilines is 2. The summed E-state index contributed by atoms with van der Waals surface area (Å²) in [4.78, 5) is -1.04. The molecular formula is C21H23N3NaO8S4+. The molecule has 0 radical (unpaired) electrons. The quantitative estimate of drug-likeness (QED) is 0.111. The van der Waals surface area contributed by atoms with Gasteiger partial charge in [-0.15, -0.1) is 0 Å². The zero-order valence-corrected chi connectivity index (χ0v) is 24.8. The Labute approximate surface area is 243 Å². The van der Waals surface area contributed by atoms with E-state index in [1.807, 2.05) is 0 Å². The van der Waals surface area contributed by atoms with Gasteiger partial charge in [0.1, 0.15) is 9.79 Å². The van der Waals surface area contributed by atoms with Crippen molar-refractivity contribution in [1.82, 2.24) is 5.32 Å². The van der Waals surface area contributed by atoms with Gasteiger partial charge in [0.05, 0.1) is 5.25 Å². The maximum absolute atomic E-state index is 12.2. The first-order valence-electron chi connectivity index (χ1n) is 10.7. The minimum absolute atomic E-state index is 0. The molecule has 4 rings (SSSR count). The summed E-state index contributed by atoms with van der Waals surface area (Å²) < 4.78 is 94.0. The van der Waals surface area contributed by atoms with Crippen LogP contribution < -0.4 is 44.9 Å². The first kappa shape index (κ1) is 30.0. The van der Waals surface area contributed by atoms with Gasteiger partial charge in [0, 0.05) is 17.4 Å². The fourth-order valence-electron chi connectivity index (χ4n) is 3.32. The standard InChI is InChI=1S/C21H23N3O8S4.Na/c25-34(26,18-9-10-18)24-17-6-4-14(20(12-17)36(30,31)32)2-1-13-3-5-16(11-19(13)35(27,28)29)23-21(33)22-15-7-8-15;/h1-6,11-12,15,18,24H,7-10H2,(H2,22,23,33)(H,27,28,29)(H,30,31,32);/q;+1/b2-1+;. The molecule has 0 spiro atoms. The second kappa shape index (κ2) is 11.3. The Kier molecular flexibility index (Phi) is 9.14. The largest absolute Gasteiger partial charge is 1.00 e. The molecule has 2 saturated carbocycles. The Morgan fingerprint density at radius 2 is 1.30 bits per heavy atom. The van der Waals surface area contributed by atoms with Crippen LogP contribution >= 0.6 is 12.2 Å². The van der Waals surface area contributed by atoms with Crippen LogP contribution in [0.25, 0.3) is 12.2 Å². The van der Waals surface area contributed by atoms with Gasteiger partial charge in [0.25, 0.3) is 20.2 Å². The van der Waals surface area contributed by atoms with Crippen molar-refractivity contribution >= 4 is 71.1 Å². The SMILES string of the molecule is O=S(=O)(O)c1cc(NC(=S)NC2CC2)ccc1/C=C/c1ccc(NS(=O)(=O)C2CC2)cc1S(=O)(=O)O.[Na+]. The van der Waals surface area contributed by atoms with E-state index < -0.39 is 45.3 Å². The number of hydrogen-bond donors (Lipinski definition) is 5. The van der Waals surface area contributed by atoms with Gasteiger partial charge in [-0.2, -0.15) is 16.8 Å². The summed E-state index contributed by atoms with van der Waals surface area (Å²) in [6.07, 6.45) is 5.45. The molecule has 0 aromatic heterocycles. The summed E-state index contributed by atoms with van der Waals surface area (Å²) in [5.41, 5.74) is 0.259. The molecule has 11 nitrogen and oxygen atoms in total. The van der Waals surface area contributed by atoms with Crippen molar-refractivity contribution in [2.75, 3.05) is 10.0 Å². The Morgan fingerprint density at radius 1 is 0.811 bits per heavy atom. The van der Waals surface area contributed by atoms with E-state index in [9.17, 15) is 34.4 Å². The Hall–Kier alpha value is -1.56. The van der Waals surface area contributed by atoms with Crippen LogP contribution in [0, 0.1) is 0 Å². The monoisotopic (exact) mass is 596 g/mol. The third-order valence-electron chi connectivity index (χ3n) is 5.42. The fourth-order valence-corrected chi connectivity index (χ4v) is 6.40. The summed E-state index contributed by atoms with van der Waals surface area (Å²) in [7, 11) is -13.1. The zero-order chi connectivity index (χ0) is 26.3. The van der Waals surface area contributed by atoms with Crippen molar-refractivity contribution in [2.45, 2.75) is 46.8 Å². The number of hydrogen-bond acceptors (Lipinski definition) is 7. The van der Waals surface area contributed by atoms with Crippen molar-refractivity contribution < 1.29 is 63.9 Å². The molecule has 2 fully saturated rings. The first-order chi connectivity index (χ1) is 16.7. The summed E-state index contributed by atoms with van der Waals surface area (Å²) in [5.74, 6) is 0. The molecule has 0 atom stereocenters. The summed E-state index contributed by atoms with van der Waals surface area (Å²) in [6, 6.07) is 7.91. The van der Waals surface area contributed by atoms with Crippen molar-refractivity contribution in [3.8, 4) is 0 Å². The molecule has 0 amide bonds. The van der Waals surface area contributed by atoms with E-state index in [0.717, 1.165) is 18.9 Å². The molecule has 0 saturated heterocycles. The summed E-state index contributed by atoms with van der Waals surface area (Å²) >= 11 is 5.18. The molecule has 0 bridgehead atoms. The van der Waals surface area contributed by atoms with Gasteiger partial charge < -0.3 is 10.6 Å². The van der Waals surface area contributed by atoms with Crippen LogP contribution in [0.3, 0.4) is 0 Å². The molecule has 2 aromatic carbocycles. The van der Waals surface area contributed by atoms with E-state index in [1.54, 1.807) is 0 Å². The second-order valence-corrected chi connectivity index (χ2v) is 13.7. The Morgan fingerprint density at radius 3 is 1.76 bits per heavy atom. The van der Waals surface area contributed by atoms with Crippen molar-refractivity contribution in [3.05, 3.63) is 47.5 Å². The van der Waals surface area contributed by atoms with Crippen molar-refractivity contribution in [1.29, 1.82) is 0 Å². The molecule has 5 N–H and O–H groups in total. The number of thiocarbonyl (C=S) groups is 1. The van der Waals surface area contributed by atoms with Crippen LogP contribution in [0.1, 0.15) is 36.8 Å². The Balaban J connectivity index is 0.00000380. The third kappa shape index (κ3) is 8.21. The average Bonchev–Trinajstić information content (AvgIpc) is 3.65. The van der Waals surface area contributed by atoms with E-state index in [-0.39, 0.29) is 52.4 Å². The topological polar surface area (TPSA) is 179 Å². The van der Waals surface area contributed by atoms with Crippen LogP contribution in [0.4, 0.5) is 11.4 Å². The molecule has 2 aliphatic carbocycles. The predicted molar refractivity (Wildman–Crippen MR) is 139 cm³/mol. The molecule has 16 heteroatoms. The molecule has 37 heavy (non-hydrogen) atoms. The van der Waals surface area contributed by atoms with Crippen LogP contribution in [0.2, 0.25) is 0 Å². The van der Waals surface area contributed by atoms with Gasteiger partial charge in [0.15, 0.2) is 5.11 Å². The fraction of sp³-hybridized carbons (Fsp3) is 0.286. The molecular weight excluding hydrogens is 574 g/mol. The number of nitrogens with one attached hydrogen (secondary N) is 3. The molecule has 0 unspecified atom stereocenters. The van der Waals surface area contributed by atoms with Gasteiger partial charge >= 0.3 is 29.6 Å². The minimum atomic E-state index is -4.77. The van der Waals surface area contributed by atoms with E-state index >= 15 is 0 Å². The number of rotatable bonds is 9. The van der Waals surface area contributed by atoms with Gasteiger partial charge in [-0.25, -0.2) is 8.42 Å². The summed E-state index contributed by atoms with van der Waals surface area (Å²) in [5, 5.41) is 5.65. The van der Waals surface area contributed by atoms with E-state index in [2.05, 4.69) is 15.4 Å². The van der Waals surface area contributed by atoms with Gasteiger partial charge in [-0.05, 0) is 73.3 Å². The normalized spacial score (nSPS) is 16.2. The van der Waals surface area contributed by atoms with Crippen LogP contribution in [0.5, 0.6) is 0 Å². The average molecular weight is 597 g/mol. The molecule has 0 heterocycles. The van der Waals surface area contributed by atoms with Crippen LogP contribution in [0.15, 0.2) is 46.2 Å². The molecule has 2 aromatic rings. The van der Waals surface area contributed by atoms with Gasteiger partial charge in [-0.1, -0.05) is 24.3 Å². The second-order valence-electron chi connectivity index (χ2n) is 8.51. The smallest absolute Gasteiger partial charge is 0.360 e. The minimum Gasteiger partial charge on any atom is -0.360 e. The third-order valence-corrected chi connectivity index (χ3v) is 9.33. The van der Waals surface area contributed by atoms with E-state index in [1.165, 1.54) is 42.5 Å². The molecule has 2 aliphatic rings. The zero-order valence-electron chi connectivity index (χ0n) is 19.6. The van der Waals surface area contributed by atoms with Crippen molar-refractivity contribution in [2.24, 2.45) is 0 Å². The van der Waals surface area contributed by atoms with Crippen LogP contribution in [-0.4, -0.2) is 50.8 Å². The first-order valence-corrected chi connectivity index (χ1v) is 15.6. The van der Waals surface area contributed by atoms with E-state index in [4.69, 9.17) is 12.2 Å². The van der Waals surface area contributed by atoms with Crippen molar-refractivity contribution in [3.63, 3.8) is 0 Å². The molecule has 194 valence electrons.